The maximum absolute atomic E-state index is 10.2. The van der Waals surface area contributed by atoms with Crippen molar-refractivity contribution in [3.8, 4) is 0 Å². The minimum absolute atomic E-state index is 0.0895. The van der Waals surface area contributed by atoms with Gasteiger partial charge in [-0.1, -0.05) is 19.3 Å². The van der Waals surface area contributed by atoms with Gasteiger partial charge in [-0.05, 0) is 26.8 Å². The van der Waals surface area contributed by atoms with Gasteiger partial charge in [-0.25, -0.2) is 0 Å². The zero-order chi connectivity index (χ0) is 11.5. The number of rotatable bonds is 1. The van der Waals surface area contributed by atoms with Crippen LogP contribution in [0.2, 0.25) is 0 Å². The summed E-state index contributed by atoms with van der Waals surface area (Å²) in [6.07, 6.45) is 5.91. The first-order valence-corrected chi connectivity index (χ1v) is 6.81. The molecule has 16 heavy (non-hydrogen) atoms. The van der Waals surface area contributed by atoms with Gasteiger partial charge in [0.1, 0.15) is 0 Å². The summed E-state index contributed by atoms with van der Waals surface area (Å²) in [7, 11) is 2.19. The van der Waals surface area contributed by atoms with Crippen molar-refractivity contribution in [2.75, 3.05) is 26.7 Å². The van der Waals surface area contributed by atoms with Gasteiger partial charge < -0.3 is 10.0 Å². The van der Waals surface area contributed by atoms with Crippen molar-refractivity contribution in [3.63, 3.8) is 0 Å². The number of piperazine rings is 1. The topological polar surface area (TPSA) is 26.7 Å². The van der Waals surface area contributed by atoms with Crippen LogP contribution in [0.4, 0.5) is 0 Å². The van der Waals surface area contributed by atoms with Crippen molar-refractivity contribution in [1.29, 1.82) is 0 Å². The number of hydrogen-bond donors (Lipinski definition) is 1. The van der Waals surface area contributed by atoms with Crippen molar-refractivity contribution in [2.45, 2.75) is 57.2 Å². The molecule has 0 radical (unpaired) electrons. The Hall–Kier alpha value is -0.120. The zero-order valence-corrected chi connectivity index (χ0v) is 10.7. The summed E-state index contributed by atoms with van der Waals surface area (Å²) in [5.41, 5.74) is 0. The smallest absolute Gasteiger partial charge is 0.0695 e. The lowest BCUT2D eigenvalue weighted by Gasteiger charge is -2.44. The molecule has 3 nitrogen and oxygen atoms in total. The number of likely N-dealkylation sites (N-methyl/N-ethyl adjacent to an activating group) is 1. The quantitative estimate of drug-likeness (QED) is 0.683. The van der Waals surface area contributed by atoms with Crippen LogP contribution in [0.15, 0.2) is 0 Å². The highest BCUT2D eigenvalue weighted by molar-refractivity contribution is 4.88. The largest absolute Gasteiger partial charge is 0.391 e. The fourth-order valence-corrected chi connectivity index (χ4v) is 3.30. The monoisotopic (exact) mass is 226 g/mol. The first-order chi connectivity index (χ1) is 7.68. The predicted octanol–water partition coefficient (Wildman–Crippen LogP) is 1.32. The first kappa shape index (κ1) is 12.3. The average molecular weight is 226 g/mol. The molecule has 1 aliphatic carbocycles. The zero-order valence-electron chi connectivity index (χ0n) is 10.7. The van der Waals surface area contributed by atoms with Gasteiger partial charge >= 0.3 is 0 Å². The van der Waals surface area contributed by atoms with Crippen LogP contribution in [0, 0.1) is 0 Å². The third-order valence-electron chi connectivity index (χ3n) is 4.25. The van der Waals surface area contributed by atoms with Gasteiger partial charge in [0, 0.05) is 31.7 Å². The SMILES string of the molecule is CC1CN(C)CCN1C1CCCCCC1O. The summed E-state index contributed by atoms with van der Waals surface area (Å²) in [5, 5.41) is 10.2. The Kier molecular flexibility index (Phi) is 4.22. The van der Waals surface area contributed by atoms with E-state index in [0.717, 1.165) is 26.1 Å². The summed E-state index contributed by atoms with van der Waals surface area (Å²) >= 11 is 0. The normalized spacial score (nSPS) is 39.6. The van der Waals surface area contributed by atoms with Crippen molar-refractivity contribution in [2.24, 2.45) is 0 Å². The first-order valence-electron chi connectivity index (χ1n) is 6.81. The van der Waals surface area contributed by atoms with Gasteiger partial charge in [0.25, 0.3) is 0 Å². The number of aliphatic hydroxyl groups excluding tert-OH is 1. The van der Waals surface area contributed by atoms with Crippen LogP contribution in [0.5, 0.6) is 0 Å². The van der Waals surface area contributed by atoms with E-state index >= 15 is 0 Å². The molecule has 94 valence electrons. The molecule has 1 saturated heterocycles. The molecule has 1 saturated carbocycles. The molecule has 0 amide bonds. The Labute approximate surface area is 99.4 Å². The molecule has 0 bridgehead atoms. The van der Waals surface area contributed by atoms with E-state index in [1.54, 1.807) is 0 Å². The second kappa shape index (κ2) is 5.48. The van der Waals surface area contributed by atoms with Gasteiger partial charge in [0.15, 0.2) is 0 Å². The molecule has 3 unspecified atom stereocenters. The maximum atomic E-state index is 10.2. The van der Waals surface area contributed by atoms with Crippen LogP contribution in [0.1, 0.15) is 39.0 Å². The van der Waals surface area contributed by atoms with Crippen molar-refractivity contribution < 1.29 is 5.11 Å². The van der Waals surface area contributed by atoms with E-state index in [2.05, 4.69) is 23.8 Å². The van der Waals surface area contributed by atoms with E-state index in [1.807, 2.05) is 0 Å². The number of nitrogens with zero attached hydrogens (tertiary/aromatic N) is 2. The van der Waals surface area contributed by atoms with Gasteiger partial charge in [0.05, 0.1) is 6.10 Å². The second-order valence-corrected chi connectivity index (χ2v) is 5.62. The molecular formula is C13H26N2O. The van der Waals surface area contributed by atoms with Gasteiger partial charge in [0.2, 0.25) is 0 Å². The summed E-state index contributed by atoms with van der Waals surface area (Å²) in [5.74, 6) is 0. The fraction of sp³-hybridized carbons (Fsp3) is 1.00. The van der Waals surface area contributed by atoms with Crippen LogP contribution in [0.3, 0.4) is 0 Å². The van der Waals surface area contributed by atoms with Gasteiger partial charge in [-0.2, -0.15) is 0 Å². The molecule has 0 aromatic carbocycles. The third-order valence-corrected chi connectivity index (χ3v) is 4.25. The lowest BCUT2D eigenvalue weighted by Crippen LogP contribution is -2.57. The molecule has 1 aliphatic heterocycles. The van der Waals surface area contributed by atoms with E-state index in [1.165, 1.54) is 25.7 Å². The van der Waals surface area contributed by atoms with E-state index in [-0.39, 0.29) is 6.10 Å². The number of hydrogen-bond acceptors (Lipinski definition) is 3. The molecule has 3 atom stereocenters. The summed E-state index contributed by atoms with van der Waals surface area (Å²) in [6.45, 7) is 5.71. The highest BCUT2D eigenvalue weighted by Gasteiger charge is 2.32. The van der Waals surface area contributed by atoms with Crippen LogP contribution in [-0.2, 0) is 0 Å². The second-order valence-electron chi connectivity index (χ2n) is 5.62. The highest BCUT2D eigenvalue weighted by atomic mass is 16.3. The third kappa shape index (κ3) is 2.76. The summed E-state index contributed by atoms with van der Waals surface area (Å²) in [6, 6.07) is 1.02. The molecule has 0 spiro atoms. The lowest BCUT2D eigenvalue weighted by molar-refractivity contribution is -0.00783. The minimum atomic E-state index is -0.0895. The van der Waals surface area contributed by atoms with E-state index in [9.17, 15) is 5.11 Å². The molecule has 3 heteroatoms. The Morgan fingerprint density at radius 1 is 1.06 bits per heavy atom. The van der Waals surface area contributed by atoms with Crippen LogP contribution in [-0.4, -0.2) is 59.8 Å². The van der Waals surface area contributed by atoms with E-state index in [0.29, 0.717) is 12.1 Å². The Morgan fingerprint density at radius 2 is 1.81 bits per heavy atom. The minimum Gasteiger partial charge on any atom is -0.391 e. The standard InChI is InChI=1S/C13H26N2O/c1-11-10-14(2)8-9-15(11)12-6-4-3-5-7-13(12)16/h11-13,16H,3-10H2,1-2H3. The molecule has 1 N–H and O–H groups in total. The van der Waals surface area contributed by atoms with Crippen molar-refractivity contribution in [1.82, 2.24) is 9.80 Å². The van der Waals surface area contributed by atoms with Crippen LogP contribution in [0.25, 0.3) is 0 Å². The van der Waals surface area contributed by atoms with Gasteiger partial charge in [-0.3, -0.25) is 4.90 Å². The highest BCUT2D eigenvalue weighted by Crippen LogP contribution is 2.25. The summed E-state index contributed by atoms with van der Waals surface area (Å²) < 4.78 is 0. The van der Waals surface area contributed by atoms with Crippen molar-refractivity contribution >= 4 is 0 Å². The Bertz CT molecular complexity index is 222. The molecule has 2 rings (SSSR count). The Balaban J connectivity index is 1.98. The molecular weight excluding hydrogens is 200 g/mol. The lowest BCUT2D eigenvalue weighted by atomic mass is 10.0. The molecule has 1 heterocycles. The Morgan fingerprint density at radius 3 is 2.56 bits per heavy atom. The molecule has 0 aromatic heterocycles. The van der Waals surface area contributed by atoms with Crippen LogP contribution < -0.4 is 0 Å². The summed E-state index contributed by atoms with van der Waals surface area (Å²) in [4.78, 5) is 4.94. The maximum Gasteiger partial charge on any atom is 0.0695 e. The molecule has 0 aromatic rings. The molecule has 2 fully saturated rings. The van der Waals surface area contributed by atoms with Gasteiger partial charge in [-0.15, -0.1) is 0 Å². The number of aliphatic hydroxyl groups is 1. The van der Waals surface area contributed by atoms with E-state index < -0.39 is 0 Å². The van der Waals surface area contributed by atoms with Crippen molar-refractivity contribution in [3.05, 3.63) is 0 Å². The van der Waals surface area contributed by atoms with E-state index in [4.69, 9.17) is 0 Å². The van der Waals surface area contributed by atoms with Crippen LogP contribution >= 0.6 is 0 Å². The average Bonchev–Trinajstić information content (AvgIpc) is 2.44. The predicted molar refractivity (Wildman–Crippen MR) is 66.5 cm³/mol. The molecule has 2 aliphatic rings. The fourth-order valence-electron chi connectivity index (χ4n) is 3.30.